The maximum Gasteiger partial charge on any atom is 0.173 e. The molecule has 2 aromatic rings. The van der Waals surface area contributed by atoms with Crippen LogP contribution in [0.2, 0.25) is 0 Å². The second-order valence-corrected chi connectivity index (χ2v) is 6.65. The number of phenolic OH excluding ortho intramolecular Hbond substituents is 1. The summed E-state index contributed by atoms with van der Waals surface area (Å²) in [7, 11) is -3.11. The smallest absolute Gasteiger partial charge is 0.173 e. The van der Waals surface area contributed by atoms with Crippen molar-refractivity contribution in [3.05, 3.63) is 53.4 Å². The van der Waals surface area contributed by atoms with Crippen molar-refractivity contribution in [3.63, 3.8) is 0 Å². The van der Waals surface area contributed by atoms with Gasteiger partial charge in [0.2, 0.25) is 0 Å². The summed E-state index contributed by atoms with van der Waals surface area (Å²) in [5, 5.41) is 13.0. The van der Waals surface area contributed by atoms with Gasteiger partial charge < -0.3 is 5.11 Å². The van der Waals surface area contributed by atoms with E-state index in [9.17, 15) is 13.5 Å². The molecule has 3 rings (SSSR count). The Labute approximate surface area is 117 Å². The molecular weight excluding hydrogens is 274 g/mol. The van der Waals surface area contributed by atoms with Crippen molar-refractivity contribution in [1.29, 1.82) is 0 Å². The SMILES string of the molecule is O=S1(=O)C=C[C@H](N=Cc2c(O)ccc3ccccc23)C1. The number of rotatable bonds is 2. The molecule has 0 saturated carbocycles. The van der Waals surface area contributed by atoms with Gasteiger partial charge in [-0.25, -0.2) is 8.42 Å². The van der Waals surface area contributed by atoms with E-state index < -0.39 is 9.84 Å². The molecule has 0 fully saturated rings. The van der Waals surface area contributed by atoms with Crippen molar-refractivity contribution in [2.24, 2.45) is 4.99 Å². The fourth-order valence-electron chi connectivity index (χ4n) is 2.24. The highest BCUT2D eigenvalue weighted by atomic mass is 32.2. The number of hydrogen-bond acceptors (Lipinski definition) is 4. The van der Waals surface area contributed by atoms with Crippen LogP contribution in [0, 0.1) is 0 Å². The van der Waals surface area contributed by atoms with Crippen LogP contribution < -0.4 is 0 Å². The lowest BCUT2D eigenvalue weighted by Gasteiger charge is -2.05. The second kappa shape index (κ2) is 4.76. The molecule has 1 aliphatic rings. The Morgan fingerprint density at radius 3 is 2.75 bits per heavy atom. The molecular formula is C15H13NO3S. The first-order valence-electron chi connectivity index (χ1n) is 6.20. The molecule has 1 atom stereocenters. The lowest BCUT2D eigenvalue weighted by molar-refractivity contribution is 0.475. The number of aromatic hydroxyl groups is 1. The van der Waals surface area contributed by atoms with Crippen LogP contribution in [0.15, 0.2) is 52.9 Å². The molecule has 0 unspecified atom stereocenters. The Bertz CT molecular complexity index is 822. The molecule has 0 spiro atoms. The van der Waals surface area contributed by atoms with Gasteiger partial charge in [-0.05, 0) is 22.9 Å². The van der Waals surface area contributed by atoms with Gasteiger partial charge >= 0.3 is 0 Å². The summed E-state index contributed by atoms with van der Waals surface area (Å²) < 4.78 is 22.6. The van der Waals surface area contributed by atoms with Crippen LogP contribution in [0.5, 0.6) is 5.75 Å². The zero-order valence-electron chi connectivity index (χ0n) is 10.6. The maximum absolute atomic E-state index is 11.3. The molecule has 0 radical (unpaired) electrons. The number of benzene rings is 2. The van der Waals surface area contributed by atoms with Gasteiger partial charge in [0.25, 0.3) is 0 Å². The van der Waals surface area contributed by atoms with Crippen LogP contribution in [-0.4, -0.2) is 31.5 Å². The van der Waals surface area contributed by atoms with Crippen molar-refractivity contribution in [1.82, 2.24) is 0 Å². The summed E-state index contributed by atoms with van der Waals surface area (Å²) in [6.07, 6.45) is 3.11. The van der Waals surface area contributed by atoms with E-state index in [1.54, 1.807) is 18.4 Å². The minimum Gasteiger partial charge on any atom is -0.507 e. The van der Waals surface area contributed by atoms with E-state index >= 15 is 0 Å². The van der Waals surface area contributed by atoms with Gasteiger partial charge in [0.1, 0.15) is 5.75 Å². The highest BCUT2D eigenvalue weighted by molar-refractivity contribution is 7.94. The van der Waals surface area contributed by atoms with Crippen LogP contribution in [0.25, 0.3) is 10.8 Å². The third-order valence-corrected chi connectivity index (χ3v) is 4.63. The fourth-order valence-corrected chi connectivity index (χ4v) is 3.45. The van der Waals surface area contributed by atoms with E-state index in [2.05, 4.69) is 4.99 Å². The lowest BCUT2D eigenvalue weighted by Crippen LogP contribution is -2.08. The van der Waals surface area contributed by atoms with Gasteiger partial charge in [0.15, 0.2) is 9.84 Å². The van der Waals surface area contributed by atoms with Crippen LogP contribution in [-0.2, 0) is 9.84 Å². The minimum atomic E-state index is -3.11. The molecule has 0 bridgehead atoms. The number of phenols is 1. The third kappa shape index (κ3) is 2.44. The molecule has 1 aliphatic heterocycles. The van der Waals surface area contributed by atoms with E-state index in [1.807, 2.05) is 30.3 Å². The average Bonchev–Trinajstić information content (AvgIpc) is 2.77. The Morgan fingerprint density at radius 1 is 1.20 bits per heavy atom. The van der Waals surface area contributed by atoms with E-state index in [1.165, 1.54) is 5.41 Å². The molecule has 0 aromatic heterocycles. The summed E-state index contributed by atoms with van der Waals surface area (Å²) in [6.45, 7) is 0. The predicted molar refractivity (Wildman–Crippen MR) is 79.9 cm³/mol. The van der Waals surface area contributed by atoms with E-state index in [-0.39, 0.29) is 17.5 Å². The zero-order valence-corrected chi connectivity index (χ0v) is 11.4. The Hall–Kier alpha value is -2.14. The maximum atomic E-state index is 11.3. The standard InChI is InChI=1S/C15H13NO3S/c17-15-6-5-11-3-1-2-4-13(11)14(15)9-16-12-7-8-20(18,19)10-12/h1-9,12,17H,10H2/t12-/m0/s1. The predicted octanol–water partition coefficient (Wildman–Crippen LogP) is 2.28. The van der Waals surface area contributed by atoms with Gasteiger partial charge in [-0.3, -0.25) is 4.99 Å². The first-order chi connectivity index (χ1) is 9.55. The van der Waals surface area contributed by atoms with Gasteiger partial charge in [-0.15, -0.1) is 0 Å². The summed E-state index contributed by atoms with van der Waals surface area (Å²) >= 11 is 0. The molecule has 5 heteroatoms. The summed E-state index contributed by atoms with van der Waals surface area (Å²) in [6, 6.07) is 10.7. The average molecular weight is 287 g/mol. The van der Waals surface area contributed by atoms with E-state index in [0.29, 0.717) is 5.56 Å². The van der Waals surface area contributed by atoms with Crippen molar-refractivity contribution in [2.45, 2.75) is 6.04 Å². The largest absolute Gasteiger partial charge is 0.507 e. The van der Waals surface area contributed by atoms with Gasteiger partial charge in [0.05, 0.1) is 11.8 Å². The molecule has 20 heavy (non-hydrogen) atoms. The van der Waals surface area contributed by atoms with Crippen LogP contribution >= 0.6 is 0 Å². The number of sulfone groups is 1. The topological polar surface area (TPSA) is 66.7 Å². The van der Waals surface area contributed by atoms with Crippen molar-refractivity contribution < 1.29 is 13.5 Å². The molecule has 1 N–H and O–H groups in total. The quantitative estimate of drug-likeness (QED) is 0.862. The van der Waals surface area contributed by atoms with Crippen molar-refractivity contribution in [3.8, 4) is 5.75 Å². The number of nitrogens with zero attached hydrogens (tertiary/aromatic N) is 1. The number of hydrogen-bond donors (Lipinski definition) is 1. The highest BCUT2D eigenvalue weighted by Gasteiger charge is 2.20. The first-order valence-corrected chi connectivity index (χ1v) is 7.91. The van der Waals surface area contributed by atoms with Crippen molar-refractivity contribution in [2.75, 3.05) is 5.75 Å². The van der Waals surface area contributed by atoms with Gasteiger partial charge in [-0.1, -0.05) is 30.3 Å². The van der Waals surface area contributed by atoms with Crippen LogP contribution in [0.1, 0.15) is 5.56 Å². The highest BCUT2D eigenvalue weighted by Crippen LogP contribution is 2.25. The van der Waals surface area contributed by atoms with Crippen molar-refractivity contribution >= 4 is 26.8 Å². The summed E-state index contributed by atoms with van der Waals surface area (Å²) in [5.41, 5.74) is 0.612. The third-order valence-electron chi connectivity index (χ3n) is 3.25. The molecule has 102 valence electrons. The Kier molecular flexibility index (Phi) is 3.06. The Balaban J connectivity index is 1.99. The lowest BCUT2D eigenvalue weighted by atomic mass is 10.0. The van der Waals surface area contributed by atoms with Crippen LogP contribution in [0.4, 0.5) is 0 Å². The Morgan fingerprint density at radius 2 is 2.00 bits per heavy atom. The first kappa shape index (κ1) is 12.9. The second-order valence-electron chi connectivity index (χ2n) is 4.72. The molecule has 1 heterocycles. The van der Waals surface area contributed by atoms with Gasteiger partial charge in [-0.2, -0.15) is 0 Å². The van der Waals surface area contributed by atoms with Crippen LogP contribution in [0.3, 0.4) is 0 Å². The zero-order chi connectivity index (χ0) is 14.2. The number of aliphatic imine (C=N–C) groups is 1. The summed E-state index contributed by atoms with van der Waals surface area (Å²) in [5.74, 6) is 0.131. The monoisotopic (exact) mass is 287 g/mol. The molecule has 0 amide bonds. The normalized spacial score (nSPS) is 20.9. The van der Waals surface area contributed by atoms with E-state index in [0.717, 1.165) is 10.8 Å². The minimum absolute atomic E-state index is 0.00493. The fraction of sp³-hybridized carbons (Fsp3) is 0.133. The molecule has 0 aliphatic carbocycles. The molecule has 0 saturated heterocycles. The van der Waals surface area contributed by atoms with E-state index in [4.69, 9.17) is 0 Å². The number of fused-ring (bicyclic) bond motifs is 1. The molecule has 2 aromatic carbocycles. The molecule has 4 nitrogen and oxygen atoms in total. The summed E-state index contributed by atoms with van der Waals surface area (Å²) in [4.78, 5) is 4.25. The van der Waals surface area contributed by atoms with Gasteiger partial charge in [0, 0.05) is 17.2 Å².